The average Bonchev–Trinajstić information content (AvgIpc) is 2.37. The van der Waals surface area contributed by atoms with E-state index in [0.717, 1.165) is 0 Å². The lowest BCUT2D eigenvalue weighted by molar-refractivity contribution is 0.195. The molecular formula is C15H11Cl2NO2. The van der Waals surface area contributed by atoms with Crippen molar-refractivity contribution in [3.8, 4) is 17.6 Å². The lowest BCUT2D eigenvalue weighted by Crippen LogP contribution is -1.97. The molecule has 0 aliphatic heterocycles. The largest absolute Gasteiger partial charge is 0.457 e. The van der Waals surface area contributed by atoms with Gasteiger partial charge >= 0.3 is 0 Å². The van der Waals surface area contributed by atoms with Gasteiger partial charge in [0.25, 0.3) is 0 Å². The van der Waals surface area contributed by atoms with Gasteiger partial charge in [-0.15, -0.1) is 0 Å². The van der Waals surface area contributed by atoms with E-state index in [0.29, 0.717) is 32.7 Å². The molecule has 0 spiro atoms. The van der Waals surface area contributed by atoms with E-state index in [4.69, 9.17) is 33.2 Å². The lowest BCUT2D eigenvalue weighted by atomic mass is 10.1. The molecule has 0 amide bonds. The van der Waals surface area contributed by atoms with Crippen LogP contribution in [-0.4, -0.2) is 5.11 Å². The van der Waals surface area contributed by atoms with Crippen molar-refractivity contribution in [2.75, 3.05) is 0 Å². The highest BCUT2D eigenvalue weighted by Gasteiger charge is 2.12. The minimum Gasteiger partial charge on any atom is -0.457 e. The van der Waals surface area contributed by atoms with Crippen LogP contribution in [0.3, 0.4) is 0 Å². The molecular weight excluding hydrogens is 297 g/mol. The van der Waals surface area contributed by atoms with Gasteiger partial charge in [0.05, 0.1) is 17.7 Å². The van der Waals surface area contributed by atoms with E-state index in [9.17, 15) is 5.11 Å². The van der Waals surface area contributed by atoms with Gasteiger partial charge < -0.3 is 9.84 Å². The van der Waals surface area contributed by atoms with Crippen molar-refractivity contribution in [2.24, 2.45) is 0 Å². The van der Waals surface area contributed by atoms with Crippen LogP contribution < -0.4 is 4.74 Å². The third-order valence-corrected chi connectivity index (χ3v) is 3.09. The quantitative estimate of drug-likeness (QED) is 0.893. The van der Waals surface area contributed by atoms with Crippen LogP contribution in [0.15, 0.2) is 36.4 Å². The Bertz CT molecular complexity index is 658. The standard InChI is InChI=1S/C15H11Cl2NO2/c1-9(19)14-3-2-10(8-18)4-15(14)20-13-6-11(16)5-12(17)7-13/h2-7,9,19H,1H3/t9-/m0/s1. The summed E-state index contributed by atoms with van der Waals surface area (Å²) in [5, 5.41) is 19.6. The second-order valence-corrected chi connectivity index (χ2v) is 5.12. The van der Waals surface area contributed by atoms with E-state index in [1.807, 2.05) is 6.07 Å². The molecule has 0 heterocycles. The summed E-state index contributed by atoms with van der Waals surface area (Å²) in [7, 11) is 0. The predicted molar refractivity (Wildman–Crippen MR) is 78.3 cm³/mol. The predicted octanol–water partition coefficient (Wildman–Crippen LogP) is 4.71. The summed E-state index contributed by atoms with van der Waals surface area (Å²) >= 11 is 11.8. The van der Waals surface area contributed by atoms with Crippen LogP contribution in [0.4, 0.5) is 0 Å². The van der Waals surface area contributed by atoms with Gasteiger partial charge in [0.1, 0.15) is 11.5 Å². The minimum atomic E-state index is -0.715. The number of ether oxygens (including phenoxy) is 1. The summed E-state index contributed by atoms with van der Waals surface area (Å²) in [6.45, 7) is 1.62. The fourth-order valence-corrected chi connectivity index (χ4v) is 2.26. The number of halogens is 2. The Labute approximate surface area is 126 Å². The zero-order chi connectivity index (χ0) is 14.7. The normalized spacial score (nSPS) is 11.8. The lowest BCUT2D eigenvalue weighted by Gasteiger charge is -2.14. The molecule has 2 aromatic carbocycles. The Kier molecular flexibility index (Phi) is 4.51. The van der Waals surface area contributed by atoms with Gasteiger partial charge in [-0.1, -0.05) is 29.3 Å². The first kappa shape index (κ1) is 14.7. The topological polar surface area (TPSA) is 53.2 Å². The molecule has 5 heteroatoms. The summed E-state index contributed by atoms with van der Waals surface area (Å²) in [6, 6.07) is 11.7. The Morgan fingerprint density at radius 2 is 1.80 bits per heavy atom. The van der Waals surface area contributed by atoms with E-state index >= 15 is 0 Å². The third kappa shape index (κ3) is 3.43. The van der Waals surface area contributed by atoms with Crippen LogP contribution in [0.25, 0.3) is 0 Å². The molecule has 0 bridgehead atoms. The van der Waals surface area contributed by atoms with Gasteiger partial charge in [0, 0.05) is 15.6 Å². The second kappa shape index (κ2) is 6.15. The highest BCUT2D eigenvalue weighted by molar-refractivity contribution is 6.34. The SMILES string of the molecule is C[C@H](O)c1ccc(C#N)cc1Oc1cc(Cl)cc(Cl)c1. The molecule has 0 radical (unpaired) electrons. The number of aliphatic hydroxyl groups excluding tert-OH is 1. The molecule has 102 valence electrons. The van der Waals surface area contributed by atoms with E-state index in [-0.39, 0.29) is 0 Å². The van der Waals surface area contributed by atoms with Crippen molar-refractivity contribution < 1.29 is 9.84 Å². The van der Waals surface area contributed by atoms with Crippen molar-refractivity contribution >= 4 is 23.2 Å². The Morgan fingerprint density at radius 3 is 2.35 bits per heavy atom. The molecule has 0 aliphatic carbocycles. The first-order valence-corrected chi connectivity index (χ1v) is 6.61. The second-order valence-electron chi connectivity index (χ2n) is 4.25. The zero-order valence-corrected chi connectivity index (χ0v) is 12.1. The van der Waals surface area contributed by atoms with E-state index in [2.05, 4.69) is 0 Å². The van der Waals surface area contributed by atoms with Crippen LogP contribution in [0, 0.1) is 11.3 Å². The molecule has 0 aromatic heterocycles. The minimum absolute atomic E-state index is 0.400. The molecule has 2 rings (SSSR count). The molecule has 3 nitrogen and oxygen atoms in total. The van der Waals surface area contributed by atoms with Crippen molar-refractivity contribution in [1.82, 2.24) is 0 Å². The summed E-state index contributed by atoms with van der Waals surface area (Å²) in [5.74, 6) is 0.844. The molecule has 1 N–H and O–H groups in total. The van der Waals surface area contributed by atoms with E-state index in [1.165, 1.54) is 0 Å². The Balaban J connectivity index is 2.43. The highest BCUT2D eigenvalue weighted by Crippen LogP contribution is 2.33. The van der Waals surface area contributed by atoms with Crippen LogP contribution in [0.5, 0.6) is 11.5 Å². The molecule has 0 saturated carbocycles. The fourth-order valence-electron chi connectivity index (χ4n) is 1.75. The maximum atomic E-state index is 9.74. The van der Waals surface area contributed by atoms with Crippen molar-refractivity contribution in [3.05, 3.63) is 57.6 Å². The first-order valence-electron chi connectivity index (χ1n) is 5.85. The summed E-state index contributed by atoms with van der Waals surface area (Å²) in [4.78, 5) is 0. The third-order valence-electron chi connectivity index (χ3n) is 2.66. The van der Waals surface area contributed by atoms with Gasteiger partial charge in [0.2, 0.25) is 0 Å². The van der Waals surface area contributed by atoms with Crippen molar-refractivity contribution in [2.45, 2.75) is 13.0 Å². The van der Waals surface area contributed by atoms with Crippen LogP contribution in [-0.2, 0) is 0 Å². The van der Waals surface area contributed by atoms with Crippen LogP contribution in [0.1, 0.15) is 24.2 Å². The molecule has 0 aliphatic rings. The number of rotatable bonds is 3. The Morgan fingerprint density at radius 1 is 1.15 bits per heavy atom. The fraction of sp³-hybridized carbons (Fsp3) is 0.133. The van der Waals surface area contributed by atoms with E-state index in [1.54, 1.807) is 43.3 Å². The average molecular weight is 308 g/mol. The monoisotopic (exact) mass is 307 g/mol. The zero-order valence-electron chi connectivity index (χ0n) is 10.6. The summed E-state index contributed by atoms with van der Waals surface area (Å²) < 4.78 is 5.69. The maximum absolute atomic E-state index is 9.74. The maximum Gasteiger partial charge on any atom is 0.134 e. The highest BCUT2D eigenvalue weighted by atomic mass is 35.5. The number of nitrogens with zero attached hydrogens (tertiary/aromatic N) is 1. The van der Waals surface area contributed by atoms with Crippen molar-refractivity contribution in [3.63, 3.8) is 0 Å². The van der Waals surface area contributed by atoms with Gasteiger partial charge in [-0.3, -0.25) is 0 Å². The van der Waals surface area contributed by atoms with Gasteiger partial charge in [-0.05, 0) is 37.3 Å². The van der Waals surface area contributed by atoms with Gasteiger partial charge in [-0.25, -0.2) is 0 Å². The number of hydrogen-bond donors (Lipinski definition) is 1. The molecule has 2 aromatic rings. The molecule has 1 atom stereocenters. The molecule has 20 heavy (non-hydrogen) atoms. The molecule has 0 fully saturated rings. The number of benzene rings is 2. The van der Waals surface area contributed by atoms with Crippen LogP contribution in [0.2, 0.25) is 10.0 Å². The number of nitriles is 1. The van der Waals surface area contributed by atoms with Gasteiger partial charge in [0.15, 0.2) is 0 Å². The molecule has 0 saturated heterocycles. The smallest absolute Gasteiger partial charge is 0.134 e. The first-order chi connectivity index (χ1) is 9.49. The Hall–Kier alpha value is -1.73. The summed E-state index contributed by atoms with van der Waals surface area (Å²) in [6.07, 6.45) is -0.715. The van der Waals surface area contributed by atoms with E-state index < -0.39 is 6.10 Å². The number of hydrogen-bond acceptors (Lipinski definition) is 3. The summed E-state index contributed by atoms with van der Waals surface area (Å²) in [5.41, 5.74) is 1.03. The molecule has 0 unspecified atom stereocenters. The van der Waals surface area contributed by atoms with Gasteiger partial charge in [-0.2, -0.15) is 5.26 Å². The number of aliphatic hydroxyl groups is 1. The van der Waals surface area contributed by atoms with Crippen LogP contribution >= 0.6 is 23.2 Å². The van der Waals surface area contributed by atoms with Crippen molar-refractivity contribution in [1.29, 1.82) is 5.26 Å².